The zero-order valence-corrected chi connectivity index (χ0v) is 13.2. The number of hydrogen-bond donors (Lipinski definition) is 2. The number of phenolic OH excluding ortho intramolecular Hbond substituents is 2. The minimum Gasteiger partial charge on any atom is -0.507 e. The largest absolute Gasteiger partial charge is 0.507 e. The second-order valence-electron chi connectivity index (χ2n) is 5.23. The van der Waals surface area contributed by atoms with Gasteiger partial charge in [-0.05, 0) is 24.3 Å². The third kappa shape index (κ3) is 2.67. The molecule has 3 rings (SSSR count). The van der Waals surface area contributed by atoms with Crippen LogP contribution >= 0.6 is 0 Å². The van der Waals surface area contributed by atoms with Gasteiger partial charge in [-0.2, -0.15) is 0 Å². The fourth-order valence-electron chi connectivity index (χ4n) is 2.25. The molecule has 24 heavy (non-hydrogen) atoms. The summed E-state index contributed by atoms with van der Waals surface area (Å²) >= 11 is 0. The van der Waals surface area contributed by atoms with Gasteiger partial charge in [-0.15, -0.1) is 9.89 Å². The summed E-state index contributed by atoms with van der Waals surface area (Å²) in [5, 5.41) is 25.7. The highest BCUT2D eigenvalue weighted by atomic mass is 16.3. The molecule has 0 aliphatic heterocycles. The molecule has 2 aromatic carbocycles. The van der Waals surface area contributed by atoms with Gasteiger partial charge in [-0.25, -0.2) is 9.99 Å². The molecule has 3 aromatic rings. The van der Waals surface area contributed by atoms with E-state index in [1.165, 1.54) is 28.9 Å². The van der Waals surface area contributed by atoms with E-state index in [0.29, 0.717) is 17.0 Å². The second kappa shape index (κ2) is 6.04. The van der Waals surface area contributed by atoms with Crippen molar-refractivity contribution in [2.24, 2.45) is 0 Å². The standard InChI is InChI=1S/C17H16N4O3/c1-11(22)20(2)21-17(13-8-4-6-10-15(13)24)18-16(19-21)12-7-3-5-9-14(12)23/h3-10,23-24H,1-2H3. The molecule has 0 aliphatic carbocycles. The van der Waals surface area contributed by atoms with Crippen molar-refractivity contribution in [3.63, 3.8) is 0 Å². The first-order chi connectivity index (χ1) is 11.5. The van der Waals surface area contributed by atoms with Crippen LogP contribution in [0.2, 0.25) is 0 Å². The van der Waals surface area contributed by atoms with Gasteiger partial charge in [0.15, 0.2) is 11.6 Å². The van der Waals surface area contributed by atoms with Crippen LogP contribution in [0.3, 0.4) is 0 Å². The van der Waals surface area contributed by atoms with Gasteiger partial charge >= 0.3 is 0 Å². The Hall–Kier alpha value is -3.35. The molecule has 0 fully saturated rings. The topological polar surface area (TPSA) is 91.5 Å². The third-order valence-corrected chi connectivity index (χ3v) is 3.62. The van der Waals surface area contributed by atoms with Crippen LogP contribution in [0.15, 0.2) is 48.5 Å². The average molecular weight is 324 g/mol. The summed E-state index contributed by atoms with van der Waals surface area (Å²) < 4.78 is 0. The maximum atomic E-state index is 11.8. The normalized spacial score (nSPS) is 10.6. The van der Waals surface area contributed by atoms with Gasteiger partial charge in [-0.1, -0.05) is 24.3 Å². The van der Waals surface area contributed by atoms with Crippen LogP contribution in [0, 0.1) is 0 Å². The van der Waals surface area contributed by atoms with Gasteiger partial charge in [0, 0.05) is 14.0 Å². The number of hydrogen-bond acceptors (Lipinski definition) is 5. The van der Waals surface area contributed by atoms with E-state index in [0.717, 1.165) is 0 Å². The highest BCUT2D eigenvalue weighted by Crippen LogP contribution is 2.31. The van der Waals surface area contributed by atoms with Crippen molar-refractivity contribution in [3.05, 3.63) is 48.5 Å². The Bertz CT molecular complexity index is 904. The van der Waals surface area contributed by atoms with Crippen LogP contribution in [0.5, 0.6) is 11.5 Å². The summed E-state index contributed by atoms with van der Waals surface area (Å²) in [5.41, 5.74) is 0.865. The average Bonchev–Trinajstić information content (AvgIpc) is 2.99. The molecule has 0 unspecified atom stereocenters. The Morgan fingerprint density at radius 2 is 1.54 bits per heavy atom. The predicted molar refractivity (Wildman–Crippen MR) is 89.0 cm³/mol. The number of aromatic nitrogens is 3. The first kappa shape index (κ1) is 15.5. The Kier molecular flexibility index (Phi) is 3.91. The molecule has 1 amide bonds. The highest BCUT2D eigenvalue weighted by molar-refractivity contribution is 5.84. The monoisotopic (exact) mass is 324 g/mol. The molecule has 7 nitrogen and oxygen atoms in total. The highest BCUT2D eigenvalue weighted by Gasteiger charge is 2.21. The summed E-state index contributed by atoms with van der Waals surface area (Å²) in [6.07, 6.45) is 0. The lowest BCUT2D eigenvalue weighted by atomic mass is 10.2. The van der Waals surface area contributed by atoms with E-state index in [1.807, 2.05) is 0 Å². The van der Waals surface area contributed by atoms with Crippen molar-refractivity contribution in [2.45, 2.75) is 6.92 Å². The molecule has 0 saturated carbocycles. The maximum Gasteiger partial charge on any atom is 0.239 e. The number of para-hydroxylation sites is 2. The van der Waals surface area contributed by atoms with Gasteiger partial charge in [0.2, 0.25) is 5.91 Å². The summed E-state index contributed by atoms with van der Waals surface area (Å²) in [6.45, 7) is 1.40. The van der Waals surface area contributed by atoms with E-state index < -0.39 is 0 Å². The SMILES string of the molecule is CC(=O)N(C)n1nc(-c2ccccc2O)nc1-c1ccccc1O. The van der Waals surface area contributed by atoms with Crippen LogP contribution in [0.4, 0.5) is 0 Å². The summed E-state index contributed by atoms with van der Waals surface area (Å²) in [4.78, 5) is 17.5. The van der Waals surface area contributed by atoms with Crippen LogP contribution in [0.25, 0.3) is 22.8 Å². The molecule has 122 valence electrons. The van der Waals surface area contributed by atoms with Crippen LogP contribution in [-0.4, -0.2) is 38.0 Å². The minimum atomic E-state index is -0.250. The second-order valence-corrected chi connectivity index (χ2v) is 5.23. The number of rotatable bonds is 3. The minimum absolute atomic E-state index is 0.0203. The number of amides is 1. The smallest absolute Gasteiger partial charge is 0.239 e. The zero-order chi connectivity index (χ0) is 17.3. The first-order valence-electron chi connectivity index (χ1n) is 7.27. The van der Waals surface area contributed by atoms with Gasteiger partial charge in [-0.3, -0.25) is 4.79 Å². The zero-order valence-electron chi connectivity index (χ0n) is 13.2. The van der Waals surface area contributed by atoms with Crippen molar-refractivity contribution >= 4 is 5.91 Å². The van der Waals surface area contributed by atoms with E-state index in [4.69, 9.17) is 0 Å². The Morgan fingerprint density at radius 1 is 1.00 bits per heavy atom. The number of aromatic hydroxyl groups is 2. The fraction of sp³-hybridized carbons (Fsp3) is 0.118. The van der Waals surface area contributed by atoms with Gasteiger partial charge in [0.05, 0.1) is 11.1 Å². The molecule has 1 aromatic heterocycles. The Balaban J connectivity index is 2.22. The number of nitrogens with zero attached hydrogens (tertiary/aromatic N) is 4. The Morgan fingerprint density at radius 3 is 2.08 bits per heavy atom. The summed E-state index contributed by atoms with van der Waals surface area (Å²) in [6, 6.07) is 13.3. The van der Waals surface area contributed by atoms with Crippen LogP contribution < -0.4 is 5.01 Å². The van der Waals surface area contributed by atoms with E-state index in [-0.39, 0.29) is 23.2 Å². The lowest BCUT2D eigenvalue weighted by Crippen LogP contribution is -2.36. The molecule has 0 spiro atoms. The number of carbonyl (C=O) groups excluding carboxylic acids is 1. The van der Waals surface area contributed by atoms with Gasteiger partial charge < -0.3 is 10.2 Å². The molecular formula is C17H16N4O3. The maximum absolute atomic E-state index is 11.8. The van der Waals surface area contributed by atoms with Gasteiger partial charge in [0.1, 0.15) is 11.5 Å². The van der Waals surface area contributed by atoms with Crippen LogP contribution in [-0.2, 0) is 4.79 Å². The molecule has 0 saturated heterocycles. The summed E-state index contributed by atoms with van der Waals surface area (Å²) in [7, 11) is 1.55. The lowest BCUT2D eigenvalue weighted by molar-refractivity contribution is -0.117. The van der Waals surface area contributed by atoms with Crippen molar-refractivity contribution in [3.8, 4) is 34.3 Å². The van der Waals surface area contributed by atoms with Crippen molar-refractivity contribution in [1.29, 1.82) is 0 Å². The molecule has 2 N–H and O–H groups in total. The molecule has 0 atom stereocenters. The van der Waals surface area contributed by atoms with E-state index in [2.05, 4.69) is 10.1 Å². The third-order valence-electron chi connectivity index (χ3n) is 3.62. The van der Waals surface area contributed by atoms with Gasteiger partial charge in [0.25, 0.3) is 0 Å². The molecule has 7 heteroatoms. The lowest BCUT2D eigenvalue weighted by Gasteiger charge is -2.16. The van der Waals surface area contributed by atoms with E-state index in [9.17, 15) is 15.0 Å². The predicted octanol–water partition coefficient (Wildman–Crippen LogP) is 2.14. The Labute approximate surface area is 138 Å². The quantitative estimate of drug-likeness (QED) is 0.770. The molecule has 0 aliphatic rings. The molecule has 0 bridgehead atoms. The van der Waals surface area contributed by atoms with Crippen molar-refractivity contribution < 1.29 is 15.0 Å². The van der Waals surface area contributed by atoms with E-state index in [1.54, 1.807) is 43.4 Å². The molecular weight excluding hydrogens is 308 g/mol. The van der Waals surface area contributed by atoms with Crippen LogP contribution in [0.1, 0.15) is 6.92 Å². The number of benzene rings is 2. The van der Waals surface area contributed by atoms with E-state index >= 15 is 0 Å². The molecule has 0 radical (unpaired) electrons. The van der Waals surface area contributed by atoms with Crippen molar-refractivity contribution in [2.75, 3.05) is 12.1 Å². The molecule has 1 heterocycles. The first-order valence-corrected chi connectivity index (χ1v) is 7.27. The summed E-state index contributed by atoms with van der Waals surface area (Å²) in [5.74, 6) is 0.347. The van der Waals surface area contributed by atoms with Crippen molar-refractivity contribution in [1.82, 2.24) is 14.9 Å². The number of carbonyl (C=O) groups is 1. The number of phenols is 2. The fourth-order valence-corrected chi connectivity index (χ4v) is 2.25.